The van der Waals surface area contributed by atoms with Crippen molar-refractivity contribution in [1.29, 1.82) is 0 Å². The van der Waals surface area contributed by atoms with E-state index in [1.165, 1.54) is 11.3 Å². The van der Waals surface area contributed by atoms with E-state index in [4.69, 9.17) is 4.74 Å². The summed E-state index contributed by atoms with van der Waals surface area (Å²) in [6, 6.07) is 8.62. The lowest BCUT2D eigenvalue weighted by molar-refractivity contribution is 0.149. The van der Waals surface area contributed by atoms with Crippen molar-refractivity contribution in [3.8, 4) is 0 Å². The van der Waals surface area contributed by atoms with E-state index < -0.39 is 0 Å². The Hall–Kier alpha value is -1.06. The first-order valence-electron chi connectivity index (χ1n) is 6.30. The maximum Gasteiger partial charge on any atom is 0.0590 e. The largest absolute Gasteiger partial charge is 0.380 e. The predicted molar refractivity (Wildman–Crippen MR) is 73.8 cm³/mol. The van der Waals surface area contributed by atoms with E-state index in [-0.39, 0.29) is 0 Å². The molecule has 0 spiro atoms. The second-order valence-corrected chi connectivity index (χ2v) is 4.20. The highest BCUT2D eigenvalue weighted by Crippen LogP contribution is 2.12. The second-order valence-electron chi connectivity index (χ2n) is 4.20. The van der Waals surface area contributed by atoms with Crippen LogP contribution in [0.4, 0.5) is 5.69 Å². The van der Waals surface area contributed by atoms with Crippen molar-refractivity contribution in [3.63, 3.8) is 0 Å². The van der Waals surface area contributed by atoms with Crippen molar-refractivity contribution in [3.05, 3.63) is 29.8 Å². The lowest BCUT2D eigenvalue weighted by Crippen LogP contribution is -2.30. The maximum atomic E-state index is 5.26. The molecule has 96 valence electrons. The van der Waals surface area contributed by atoms with Crippen LogP contribution in [0.1, 0.15) is 12.5 Å². The number of nitrogens with one attached hydrogen (secondary N) is 1. The molecular weight excluding hydrogens is 212 g/mol. The van der Waals surface area contributed by atoms with Gasteiger partial charge in [0.2, 0.25) is 0 Å². The predicted octanol–water partition coefficient (Wildman–Crippen LogP) is 2.06. The smallest absolute Gasteiger partial charge is 0.0590 e. The molecule has 17 heavy (non-hydrogen) atoms. The van der Waals surface area contributed by atoms with Gasteiger partial charge in [0.25, 0.3) is 0 Å². The van der Waals surface area contributed by atoms with Gasteiger partial charge in [-0.3, -0.25) is 0 Å². The van der Waals surface area contributed by atoms with Crippen LogP contribution in [0.2, 0.25) is 0 Å². The first-order chi connectivity index (χ1) is 8.24. The number of anilines is 1. The summed E-state index contributed by atoms with van der Waals surface area (Å²) in [4.78, 5) is 2.26. The number of likely N-dealkylation sites (N-methyl/N-ethyl adjacent to an activating group) is 1. The molecule has 1 rings (SSSR count). The van der Waals surface area contributed by atoms with Gasteiger partial charge in [-0.05, 0) is 26.0 Å². The van der Waals surface area contributed by atoms with Crippen LogP contribution in [-0.4, -0.2) is 39.9 Å². The van der Waals surface area contributed by atoms with Crippen molar-refractivity contribution >= 4 is 5.69 Å². The third-order valence-corrected chi connectivity index (χ3v) is 2.73. The van der Waals surface area contributed by atoms with E-state index in [2.05, 4.69) is 48.5 Å². The summed E-state index contributed by atoms with van der Waals surface area (Å²) < 4.78 is 5.26. The zero-order chi connectivity index (χ0) is 12.5. The standard InChI is InChI=1S/C14H24N2O/c1-4-17-12-10-15-9-11-16(3)14-7-5-13(2)6-8-14/h5-8,15H,4,9-12H2,1-3H3. The number of nitrogens with zero attached hydrogens (tertiary/aromatic N) is 1. The van der Waals surface area contributed by atoms with Crippen LogP contribution in [0, 0.1) is 6.92 Å². The first-order valence-corrected chi connectivity index (χ1v) is 6.30. The fraction of sp³-hybridized carbons (Fsp3) is 0.571. The lowest BCUT2D eigenvalue weighted by Gasteiger charge is -2.19. The molecule has 0 aliphatic rings. The number of hydrogen-bond acceptors (Lipinski definition) is 3. The average Bonchev–Trinajstić information content (AvgIpc) is 2.34. The normalized spacial score (nSPS) is 10.5. The SMILES string of the molecule is CCOCCNCCN(C)c1ccc(C)cc1. The molecule has 0 saturated carbocycles. The number of aryl methyl sites for hydroxylation is 1. The summed E-state index contributed by atoms with van der Waals surface area (Å²) in [6.07, 6.45) is 0. The highest BCUT2D eigenvalue weighted by atomic mass is 16.5. The number of rotatable bonds is 8. The van der Waals surface area contributed by atoms with Crippen LogP contribution in [0.25, 0.3) is 0 Å². The van der Waals surface area contributed by atoms with E-state index in [0.29, 0.717) is 0 Å². The molecule has 1 aromatic rings. The summed E-state index contributed by atoms with van der Waals surface area (Å²) in [5.74, 6) is 0. The molecule has 1 aromatic carbocycles. The van der Waals surface area contributed by atoms with E-state index in [1.54, 1.807) is 0 Å². The number of hydrogen-bond donors (Lipinski definition) is 1. The molecule has 0 aromatic heterocycles. The minimum absolute atomic E-state index is 0.796. The molecule has 0 radical (unpaired) electrons. The Bertz CT molecular complexity index is 298. The van der Waals surface area contributed by atoms with Crippen molar-refractivity contribution in [1.82, 2.24) is 5.32 Å². The Morgan fingerprint density at radius 2 is 1.88 bits per heavy atom. The zero-order valence-electron chi connectivity index (χ0n) is 11.2. The molecule has 0 fully saturated rings. The third kappa shape index (κ3) is 5.71. The van der Waals surface area contributed by atoms with Gasteiger partial charge in [-0.1, -0.05) is 17.7 Å². The van der Waals surface area contributed by atoms with E-state index >= 15 is 0 Å². The fourth-order valence-corrected chi connectivity index (χ4v) is 1.59. The number of ether oxygens (including phenoxy) is 1. The molecule has 1 N–H and O–H groups in total. The highest BCUT2D eigenvalue weighted by molar-refractivity contribution is 5.46. The van der Waals surface area contributed by atoms with Crippen LogP contribution < -0.4 is 10.2 Å². The van der Waals surface area contributed by atoms with Crippen molar-refractivity contribution in [2.45, 2.75) is 13.8 Å². The molecule has 3 heteroatoms. The van der Waals surface area contributed by atoms with Gasteiger partial charge in [0, 0.05) is 39.0 Å². The summed E-state index contributed by atoms with van der Waals surface area (Å²) in [5, 5.41) is 3.37. The molecule has 0 unspecified atom stereocenters. The van der Waals surface area contributed by atoms with Gasteiger partial charge in [-0.2, -0.15) is 0 Å². The van der Waals surface area contributed by atoms with Gasteiger partial charge in [-0.15, -0.1) is 0 Å². The van der Waals surface area contributed by atoms with Gasteiger partial charge >= 0.3 is 0 Å². The van der Waals surface area contributed by atoms with Crippen molar-refractivity contribution in [2.75, 3.05) is 44.8 Å². The Kier molecular flexibility index (Phi) is 6.67. The molecular formula is C14H24N2O. The molecule has 3 nitrogen and oxygen atoms in total. The molecule has 0 atom stereocenters. The average molecular weight is 236 g/mol. The molecule has 0 heterocycles. The van der Waals surface area contributed by atoms with Crippen LogP contribution in [0.15, 0.2) is 24.3 Å². The highest BCUT2D eigenvalue weighted by Gasteiger charge is 1.99. The van der Waals surface area contributed by atoms with Crippen LogP contribution in [-0.2, 0) is 4.74 Å². The van der Waals surface area contributed by atoms with Gasteiger partial charge in [-0.25, -0.2) is 0 Å². The monoisotopic (exact) mass is 236 g/mol. The topological polar surface area (TPSA) is 24.5 Å². The molecule has 0 aliphatic heterocycles. The Balaban J connectivity index is 2.16. The molecule has 0 saturated heterocycles. The maximum absolute atomic E-state index is 5.26. The lowest BCUT2D eigenvalue weighted by atomic mass is 10.2. The molecule has 0 amide bonds. The third-order valence-electron chi connectivity index (χ3n) is 2.73. The summed E-state index contributed by atoms with van der Waals surface area (Å²) in [7, 11) is 2.12. The summed E-state index contributed by atoms with van der Waals surface area (Å²) in [5.41, 5.74) is 2.57. The number of benzene rings is 1. The molecule has 0 aliphatic carbocycles. The van der Waals surface area contributed by atoms with Crippen molar-refractivity contribution < 1.29 is 4.74 Å². The van der Waals surface area contributed by atoms with E-state index in [9.17, 15) is 0 Å². The van der Waals surface area contributed by atoms with Gasteiger partial charge < -0.3 is 15.0 Å². The first kappa shape index (κ1) is 14.0. The Morgan fingerprint density at radius 1 is 1.18 bits per heavy atom. The second kappa shape index (κ2) is 8.09. The van der Waals surface area contributed by atoms with Gasteiger partial charge in [0.1, 0.15) is 0 Å². The van der Waals surface area contributed by atoms with Crippen LogP contribution in [0.3, 0.4) is 0 Å². The van der Waals surface area contributed by atoms with Crippen LogP contribution in [0.5, 0.6) is 0 Å². The van der Waals surface area contributed by atoms with E-state index in [0.717, 1.165) is 32.8 Å². The fourth-order valence-electron chi connectivity index (χ4n) is 1.59. The summed E-state index contributed by atoms with van der Waals surface area (Å²) in [6.45, 7) is 8.64. The quantitative estimate of drug-likeness (QED) is 0.699. The Morgan fingerprint density at radius 3 is 2.53 bits per heavy atom. The molecule has 0 bridgehead atoms. The minimum atomic E-state index is 0.796. The minimum Gasteiger partial charge on any atom is -0.380 e. The zero-order valence-corrected chi connectivity index (χ0v) is 11.2. The Labute approximate surface area is 105 Å². The van der Waals surface area contributed by atoms with Crippen molar-refractivity contribution in [2.24, 2.45) is 0 Å². The van der Waals surface area contributed by atoms with E-state index in [1.807, 2.05) is 6.92 Å². The van der Waals surface area contributed by atoms with Gasteiger partial charge in [0.05, 0.1) is 6.61 Å². The van der Waals surface area contributed by atoms with Crippen LogP contribution >= 0.6 is 0 Å². The summed E-state index contributed by atoms with van der Waals surface area (Å²) >= 11 is 0. The van der Waals surface area contributed by atoms with Gasteiger partial charge in [0.15, 0.2) is 0 Å².